The topological polar surface area (TPSA) is 52.5 Å². The van der Waals surface area contributed by atoms with Crippen molar-refractivity contribution in [2.75, 3.05) is 27.4 Å². The van der Waals surface area contributed by atoms with Gasteiger partial charge in [-0.25, -0.2) is 0 Å². The summed E-state index contributed by atoms with van der Waals surface area (Å²) in [7, 11) is 3.32. The average Bonchev–Trinajstić information content (AvgIpc) is 3.23. The van der Waals surface area contributed by atoms with Crippen molar-refractivity contribution in [1.82, 2.24) is 9.88 Å². The molecule has 1 heterocycles. The first-order valence-electron chi connectivity index (χ1n) is 11.7. The highest BCUT2D eigenvalue weighted by molar-refractivity contribution is 5.86. The lowest BCUT2D eigenvalue weighted by Gasteiger charge is -2.17. The number of carbonyl (C=O) groups is 1. The number of carbonyl (C=O) groups excluding carboxylic acids is 1. The lowest BCUT2D eigenvalue weighted by Crippen LogP contribution is -2.28. The van der Waals surface area contributed by atoms with Crippen LogP contribution in [0.2, 0.25) is 0 Å². The molecule has 0 aliphatic carbocycles. The molecule has 1 amide bonds. The van der Waals surface area contributed by atoms with Crippen LogP contribution in [0.3, 0.4) is 0 Å². The molecule has 176 valence electrons. The Morgan fingerprint density at radius 1 is 0.912 bits per heavy atom. The van der Waals surface area contributed by atoms with E-state index in [0.29, 0.717) is 19.6 Å². The number of rotatable bonds is 11. The third kappa shape index (κ3) is 5.86. The maximum absolute atomic E-state index is 12.8. The molecule has 0 aliphatic heterocycles. The van der Waals surface area contributed by atoms with Gasteiger partial charge in [0.15, 0.2) is 0 Å². The Morgan fingerprint density at radius 3 is 2.38 bits per heavy atom. The van der Waals surface area contributed by atoms with Gasteiger partial charge in [-0.05, 0) is 47.2 Å². The molecule has 0 spiro atoms. The Labute approximate surface area is 201 Å². The van der Waals surface area contributed by atoms with Crippen LogP contribution < -0.4 is 10.1 Å². The second-order valence-corrected chi connectivity index (χ2v) is 8.51. The molecule has 1 N–H and O–H groups in total. The number of fused-ring (bicyclic) bond motifs is 1. The normalized spacial score (nSPS) is 11.9. The van der Waals surface area contributed by atoms with E-state index in [2.05, 4.69) is 76.7 Å². The van der Waals surface area contributed by atoms with Crippen molar-refractivity contribution in [3.8, 4) is 5.75 Å². The number of methoxy groups -OCH3 is 2. The summed E-state index contributed by atoms with van der Waals surface area (Å²) in [5, 5.41) is 4.19. The molecule has 0 saturated carbocycles. The molecule has 5 heteroatoms. The molecule has 0 fully saturated rings. The van der Waals surface area contributed by atoms with E-state index in [1.54, 1.807) is 14.2 Å². The molecule has 4 aromatic rings. The Hall–Kier alpha value is -3.57. The highest BCUT2D eigenvalue weighted by Gasteiger charge is 2.21. The summed E-state index contributed by atoms with van der Waals surface area (Å²) in [4.78, 5) is 12.8. The second kappa shape index (κ2) is 11.5. The Morgan fingerprint density at radius 2 is 1.65 bits per heavy atom. The van der Waals surface area contributed by atoms with E-state index < -0.39 is 0 Å². The predicted octanol–water partition coefficient (Wildman–Crippen LogP) is 5.18. The first kappa shape index (κ1) is 23.6. The molecule has 0 saturated heterocycles. The Kier molecular flexibility index (Phi) is 7.99. The number of para-hydroxylation sites is 1. The van der Waals surface area contributed by atoms with Crippen LogP contribution in [-0.4, -0.2) is 37.8 Å². The van der Waals surface area contributed by atoms with Crippen LogP contribution in [-0.2, 0) is 22.5 Å². The monoisotopic (exact) mass is 456 g/mol. The van der Waals surface area contributed by atoms with Crippen molar-refractivity contribution in [3.63, 3.8) is 0 Å². The van der Waals surface area contributed by atoms with Gasteiger partial charge < -0.3 is 19.4 Å². The highest BCUT2D eigenvalue weighted by Crippen LogP contribution is 2.33. The van der Waals surface area contributed by atoms with Gasteiger partial charge in [-0.3, -0.25) is 4.79 Å². The number of nitrogens with zero attached hydrogens (tertiary/aromatic N) is 1. The molecule has 1 aromatic heterocycles. The largest absolute Gasteiger partial charge is 0.497 e. The van der Waals surface area contributed by atoms with Crippen molar-refractivity contribution in [3.05, 3.63) is 102 Å². The first-order valence-corrected chi connectivity index (χ1v) is 11.7. The molecule has 5 nitrogen and oxygen atoms in total. The Balaban J connectivity index is 1.66. The van der Waals surface area contributed by atoms with Gasteiger partial charge in [0.1, 0.15) is 5.75 Å². The van der Waals surface area contributed by atoms with Gasteiger partial charge in [-0.2, -0.15) is 0 Å². The van der Waals surface area contributed by atoms with E-state index in [-0.39, 0.29) is 11.8 Å². The van der Waals surface area contributed by atoms with Gasteiger partial charge in [0, 0.05) is 43.7 Å². The van der Waals surface area contributed by atoms with Crippen molar-refractivity contribution in [2.45, 2.75) is 25.3 Å². The number of benzene rings is 3. The second-order valence-electron chi connectivity index (χ2n) is 8.51. The van der Waals surface area contributed by atoms with Crippen LogP contribution in [0.1, 0.15) is 29.0 Å². The van der Waals surface area contributed by atoms with E-state index in [1.165, 1.54) is 27.6 Å². The van der Waals surface area contributed by atoms with Crippen LogP contribution in [0.4, 0.5) is 0 Å². The zero-order valence-electron chi connectivity index (χ0n) is 19.9. The summed E-state index contributed by atoms with van der Waals surface area (Å²) in [6, 6.07) is 27.0. The number of amides is 1. The zero-order valence-corrected chi connectivity index (χ0v) is 19.9. The van der Waals surface area contributed by atoms with Crippen LogP contribution in [0.15, 0.2) is 85.1 Å². The van der Waals surface area contributed by atoms with Crippen molar-refractivity contribution >= 4 is 16.8 Å². The summed E-state index contributed by atoms with van der Waals surface area (Å²) in [6.45, 7) is 1.78. The third-order valence-electron chi connectivity index (χ3n) is 6.16. The standard InChI is InChI=1S/C29H32N2O3/c1-33-17-16-30-29(32)19-24(18-22-8-4-3-5-9-22)27-21-31(28-11-7-6-10-26(27)28)20-23-12-14-25(34-2)15-13-23/h3-15,21,24H,16-20H2,1-2H3,(H,30,32)/t24-/m1/s1. The van der Waals surface area contributed by atoms with E-state index >= 15 is 0 Å². The van der Waals surface area contributed by atoms with E-state index in [0.717, 1.165) is 18.7 Å². The fourth-order valence-electron chi connectivity index (χ4n) is 4.44. The van der Waals surface area contributed by atoms with Crippen LogP contribution >= 0.6 is 0 Å². The fourth-order valence-corrected chi connectivity index (χ4v) is 4.44. The summed E-state index contributed by atoms with van der Waals surface area (Å²) >= 11 is 0. The van der Waals surface area contributed by atoms with Gasteiger partial charge in [0.05, 0.1) is 13.7 Å². The van der Waals surface area contributed by atoms with Crippen molar-refractivity contribution in [1.29, 1.82) is 0 Å². The number of nitrogens with one attached hydrogen (secondary N) is 1. The molecule has 0 radical (unpaired) electrons. The minimum absolute atomic E-state index is 0.0463. The quantitative estimate of drug-likeness (QED) is 0.317. The summed E-state index contributed by atoms with van der Waals surface area (Å²) in [6.07, 6.45) is 3.45. The van der Waals surface area contributed by atoms with Crippen molar-refractivity contribution < 1.29 is 14.3 Å². The smallest absolute Gasteiger partial charge is 0.220 e. The molecule has 34 heavy (non-hydrogen) atoms. The number of hydrogen-bond donors (Lipinski definition) is 1. The van der Waals surface area contributed by atoms with E-state index in [9.17, 15) is 4.79 Å². The molecular weight excluding hydrogens is 424 g/mol. The molecule has 4 rings (SSSR count). The summed E-state index contributed by atoms with van der Waals surface area (Å²) < 4.78 is 12.7. The highest BCUT2D eigenvalue weighted by atomic mass is 16.5. The summed E-state index contributed by atoms with van der Waals surface area (Å²) in [5.41, 5.74) is 4.80. The van der Waals surface area contributed by atoms with Gasteiger partial charge in [-0.1, -0.05) is 60.7 Å². The minimum Gasteiger partial charge on any atom is -0.497 e. The molecule has 1 atom stereocenters. The zero-order chi connectivity index (χ0) is 23.8. The van der Waals surface area contributed by atoms with Crippen LogP contribution in [0.5, 0.6) is 5.75 Å². The van der Waals surface area contributed by atoms with Crippen LogP contribution in [0, 0.1) is 0 Å². The maximum atomic E-state index is 12.8. The lowest BCUT2D eigenvalue weighted by atomic mass is 9.88. The molecular formula is C29H32N2O3. The lowest BCUT2D eigenvalue weighted by molar-refractivity contribution is -0.121. The van der Waals surface area contributed by atoms with Gasteiger partial charge in [0.2, 0.25) is 5.91 Å². The van der Waals surface area contributed by atoms with E-state index in [1.807, 2.05) is 18.2 Å². The molecule has 0 unspecified atom stereocenters. The number of ether oxygens (including phenoxy) is 2. The molecule has 3 aromatic carbocycles. The fraction of sp³-hybridized carbons (Fsp3) is 0.276. The summed E-state index contributed by atoms with van der Waals surface area (Å²) in [5.74, 6) is 0.959. The average molecular weight is 457 g/mol. The number of aromatic nitrogens is 1. The van der Waals surface area contributed by atoms with Crippen LogP contribution in [0.25, 0.3) is 10.9 Å². The molecule has 0 bridgehead atoms. The minimum atomic E-state index is 0.0463. The predicted molar refractivity (Wildman–Crippen MR) is 136 cm³/mol. The third-order valence-corrected chi connectivity index (χ3v) is 6.16. The van der Waals surface area contributed by atoms with Gasteiger partial charge in [-0.15, -0.1) is 0 Å². The van der Waals surface area contributed by atoms with E-state index in [4.69, 9.17) is 9.47 Å². The maximum Gasteiger partial charge on any atom is 0.220 e. The van der Waals surface area contributed by atoms with Gasteiger partial charge >= 0.3 is 0 Å². The first-order chi connectivity index (χ1) is 16.7. The number of hydrogen-bond acceptors (Lipinski definition) is 3. The van der Waals surface area contributed by atoms with Crippen molar-refractivity contribution in [2.24, 2.45) is 0 Å². The molecule has 0 aliphatic rings. The van der Waals surface area contributed by atoms with Gasteiger partial charge in [0.25, 0.3) is 0 Å². The SMILES string of the molecule is COCCNC(=O)C[C@@H](Cc1ccccc1)c1cn(Cc2ccc(OC)cc2)c2ccccc12. The Bertz CT molecular complexity index is 1200.